The van der Waals surface area contributed by atoms with Crippen molar-refractivity contribution in [2.45, 2.75) is 63.5 Å². The number of nitrogens with zero attached hydrogens (tertiary/aromatic N) is 7. The van der Waals surface area contributed by atoms with Crippen LogP contribution in [0.25, 0.3) is 33.9 Å². The molecule has 14 heteroatoms. The summed E-state index contributed by atoms with van der Waals surface area (Å²) >= 11 is 0. The van der Waals surface area contributed by atoms with Gasteiger partial charge in [-0.05, 0) is 50.7 Å². The lowest BCUT2D eigenvalue weighted by molar-refractivity contribution is -0.142. The summed E-state index contributed by atoms with van der Waals surface area (Å²) in [4.78, 5) is 41.9. The number of nitrogens with one attached hydrogen (secondary N) is 1. The van der Waals surface area contributed by atoms with E-state index in [2.05, 4.69) is 24.8 Å². The Kier molecular flexibility index (Phi) is 8.46. The van der Waals surface area contributed by atoms with Crippen LogP contribution in [0, 0.1) is 11.3 Å². The maximum atomic E-state index is 14.2. The van der Waals surface area contributed by atoms with Gasteiger partial charge in [0, 0.05) is 56.9 Å². The van der Waals surface area contributed by atoms with Crippen LogP contribution < -0.4 is 9.80 Å². The Hall–Kier alpha value is -4.33. The van der Waals surface area contributed by atoms with Gasteiger partial charge < -0.3 is 24.6 Å². The van der Waals surface area contributed by atoms with Crippen molar-refractivity contribution in [1.29, 1.82) is 0 Å². The van der Waals surface area contributed by atoms with Gasteiger partial charge in [-0.3, -0.25) is 9.78 Å². The third-order valence-electron chi connectivity index (χ3n) is 10.1. The number of pyridine rings is 2. The number of hydrogen-bond donors (Lipinski definition) is 2. The van der Waals surface area contributed by atoms with Crippen LogP contribution in [0.5, 0.6) is 0 Å². The number of aromatic amines is 1. The molecule has 0 aromatic carbocycles. The number of aromatic nitrogens is 6. The van der Waals surface area contributed by atoms with Crippen LogP contribution >= 0.6 is 0 Å². The number of rotatable bonds is 10. The molecular weight excluding hydrogens is 625 g/mol. The fourth-order valence-electron chi connectivity index (χ4n) is 7.40. The number of carbonyl (C=O) groups is 1. The Morgan fingerprint density at radius 2 is 1.79 bits per heavy atom. The lowest BCUT2D eigenvalue weighted by Gasteiger charge is -2.34. The van der Waals surface area contributed by atoms with E-state index in [0.717, 1.165) is 31.4 Å². The lowest BCUT2D eigenvalue weighted by atomic mass is 9.86. The number of hydrogen-bond acceptors (Lipinski definition) is 9. The number of carboxylic acids is 1. The van der Waals surface area contributed by atoms with Crippen LogP contribution in [0.2, 0.25) is 0 Å². The molecule has 4 aromatic heterocycles. The molecule has 2 saturated carbocycles. The highest BCUT2D eigenvalue weighted by atomic mass is 19.4. The van der Waals surface area contributed by atoms with Crippen molar-refractivity contribution < 1.29 is 27.8 Å². The van der Waals surface area contributed by atoms with Crippen LogP contribution in [0.1, 0.15) is 68.5 Å². The van der Waals surface area contributed by atoms with Crippen LogP contribution in [0.3, 0.4) is 0 Å². The molecule has 48 heavy (non-hydrogen) atoms. The summed E-state index contributed by atoms with van der Waals surface area (Å²) < 4.78 is 48.2. The minimum absolute atomic E-state index is 0.0424. The Morgan fingerprint density at radius 3 is 2.42 bits per heavy atom. The zero-order valence-electron chi connectivity index (χ0n) is 27.1. The predicted octanol–water partition coefficient (Wildman–Crippen LogP) is 6.32. The van der Waals surface area contributed by atoms with Gasteiger partial charge in [-0.15, -0.1) is 0 Å². The Bertz CT molecular complexity index is 1790. The lowest BCUT2D eigenvalue weighted by Crippen LogP contribution is -2.37. The zero-order chi connectivity index (χ0) is 33.6. The van der Waals surface area contributed by atoms with Crippen molar-refractivity contribution in [1.82, 2.24) is 29.9 Å². The molecule has 7 rings (SSSR count). The van der Waals surface area contributed by atoms with Gasteiger partial charge in [0.15, 0.2) is 11.5 Å². The number of carboxylic acid groups (broad SMARTS) is 1. The maximum absolute atomic E-state index is 14.2. The monoisotopic (exact) mass is 664 g/mol. The Balaban J connectivity index is 1.25. The standard InChI is InChI=1S/C34H39F3N8O3/c1-44(18-33(19-48-2)9-3-4-10-33)26-14-24(22-13-23(34(35,36)37)28(40-15-22)20-5-6-20)41-31-29(26)42-30(43-31)25-16-39-27(17-38-25)45-11-7-21(8-12-45)32(46)47/h13-17,20-21H,3-12,18-19H2,1-2H3,(H,46,47)(H,41,42,43). The third-order valence-corrected chi connectivity index (χ3v) is 10.1. The number of piperidine rings is 1. The van der Waals surface area contributed by atoms with Crippen LogP contribution in [0.15, 0.2) is 30.7 Å². The summed E-state index contributed by atoms with van der Waals surface area (Å²) in [6.45, 7) is 2.46. The van der Waals surface area contributed by atoms with Gasteiger partial charge in [-0.1, -0.05) is 12.8 Å². The predicted molar refractivity (Wildman–Crippen MR) is 174 cm³/mol. The van der Waals surface area contributed by atoms with Crippen LogP contribution in [0.4, 0.5) is 24.7 Å². The number of anilines is 2. The molecule has 254 valence electrons. The Morgan fingerprint density at radius 1 is 1.04 bits per heavy atom. The molecule has 3 fully saturated rings. The fraction of sp³-hybridized carbons (Fsp3) is 0.529. The van der Waals surface area contributed by atoms with Gasteiger partial charge in [0.1, 0.15) is 17.0 Å². The molecule has 2 N–H and O–H groups in total. The van der Waals surface area contributed by atoms with E-state index in [-0.39, 0.29) is 28.5 Å². The highest BCUT2D eigenvalue weighted by molar-refractivity contribution is 5.91. The van der Waals surface area contributed by atoms with Crippen molar-refractivity contribution in [2.24, 2.45) is 11.3 Å². The molecule has 1 saturated heterocycles. The van der Waals surface area contributed by atoms with Gasteiger partial charge in [0.2, 0.25) is 0 Å². The summed E-state index contributed by atoms with van der Waals surface area (Å²) in [5, 5.41) is 9.32. The first-order chi connectivity index (χ1) is 23.0. The number of aliphatic carboxylic acids is 1. The summed E-state index contributed by atoms with van der Waals surface area (Å²) in [5.74, 6) is -0.194. The van der Waals surface area contributed by atoms with Gasteiger partial charge in [-0.2, -0.15) is 13.2 Å². The average Bonchev–Trinajstić information content (AvgIpc) is 3.67. The summed E-state index contributed by atoms with van der Waals surface area (Å²) in [6, 6.07) is 2.97. The van der Waals surface area contributed by atoms with Crippen molar-refractivity contribution in [3.63, 3.8) is 0 Å². The first-order valence-electron chi connectivity index (χ1n) is 16.5. The molecule has 0 atom stereocenters. The third kappa shape index (κ3) is 6.41. The summed E-state index contributed by atoms with van der Waals surface area (Å²) in [5.41, 5.74) is 2.18. The van der Waals surface area contributed by atoms with Crippen LogP contribution in [-0.4, -0.2) is 81.4 Å². The van der Waals surface area contributed by atoms with E-state index in [1.54, 1.807) is 19.5 Å². The van der Waals surface area contributed by atoms with Crippen molar-refractivity contribution in [3.8, 4) is 22.8 Å². The fourth-order valence-corrected chi connectivity index (χ4v) is 7.40. The number of fused-ring (bicyclic) bond motifs is 1. The molecule has 0 bridgehead atoms. The molecule has 3 aliphatic rings. The van der Waals surface area contributed by atoms with Crippen molar-refractivity contribution >= 4 is 28.6 Å². The molecule has 11 nitrogen and oxygen atoms in total. The van der Waals surface area contributed by atoms with Gasteiger partial charge >= 0.3 is 12.1 Å². The van der Waals surface area contributed by atoms with Crippen molar-refractivity contribution in [2.75, 3.05) is 50.2 Å². The number of H-pyrrole nitrogens is 1. The normalized spacial score (nSPS) is 18.5. The topological polar surface area (TPSA) is 133 Å². The second-order valence-electron chi connectivity index (χ2n) is 13.6. The molecule has 4 aromatic rings. The first-order valence-corrected chi connectivity index (χ1v) is 16.5. The van der Waals surface area contributed by atoms with Gasteiger partial charge in [-0.25, -0.2) is 19.9 Å². The Labute approximate surface area is 276 Å². The largest absolute Gasteiger partial charge is 0.481 e. The van der Waals surface area contributed by atoms with E-state index in [0.29, 0.717) is 86.1 Å². The smallest absolute Gasteiger partial charge is 0.418 e. The zero-order valence-corrected chi connectivity index (χ0v) is 27.1. The molecule has 0 spiro atoms. The number of imidazole rings is 1. The van der Waals surface area contributed by atoms with E-state index < -0.39 is 17.7 Å². The van der Waals surface area contributed by atoms with E-state index >= 15 is 0 Å². The molecule has 2 aliphatic carbocycles. The van der Waals surface area contributed by atoms with E-state index in [9.17, 15) is 23.1 Å². The average molecular weight is 665 g/mol. The molecule has 0 unspecified atom stereocenters. The summed E-state index contributed by atoms with van der Waals surface area (Å²) in [6.07, 6.45) is 7.01. The second kappa shape index (κ2) is 12.6. The van der Waals surface area contributed by atoms with Crippen LogP contribution in [-0.2, 0) is 15.7 Å². The molecule has 0 radical (unpaired) electrons. The number of methoxy groups -OCH3 is 1. The maximum Gasteiger partial charge on any atom is 0.418 e. The van der Waals surface area contributed by atoms with Gasteiger partial charge in [0.05, 0.1) is 47.6 Å². The summed E-state index contributed by atoms with van der Waals surface area (Å²) in [7, 11) is 3.69. The van der Waals surface area contributed by atoms with Crippen molar-refractivity contribution in [3.05, 3.63) is 42.0 Å². The second-order valence-corrected chi connectivity index (χ2v) is 13.6. The van der Waals surface area contributed by atoms with E-state index in [1.807, 2.05) is 18.0 Å². The van der Waals surface area contributed by atoms with E-state index in [1.165, 1.54) is 12.3 Å². The molecule has 0 amide bonds. The minimum Gasteiger partial charge on any atom is -0.481 e. The van der Waals surface area contributed by atoms with E-state index in [4.69, 9.17) is 14.7 Å². The number of ether oxygens (including phenoxy) is 1. The number of alkyl halides is 3. The quantitative estimate of drug-likeness (QED) is 0.199. The molecular formula is C34H39F3N8O3. The number of halogens is 3. The molecule has 5 heterocycles. The molecule has 1 aliphatic heterocycles. The first kappa shape index (κ1) is 32.2. The SMILES string of the molecule is COCC1(CN(C)c2cc(-c3cnc(C4CC4)c(C(F)(F)F)c3)nc3nc(-c4cnc(N5CCC(C(=O)O)CC5)cn4)[nH]c23)CCCC1. The highest BCUT2D eigenvalue weighted by Crippen LogP contribution is 2.46. The highest BCUT2D eigenvalue weighted by Gasteiger charge is 2.40. The van der Waals surface area contributed by atoms with Gasteiger partial charge in [0.25, 0.3) is 0 Å². The minimum atomic E-state index is -4.53.